The highest BCUT2D eigenvalue weighted by molar-refractivity contribution is 9.10. The molecule has 1 N–H and O–H groups in total. The molecule has 1 atom stereocenters. The summed E-state index contributed by atoms with van der Waals surface area (Å²) in [6.07, 6.45) is 3.26. The standard InChI is InChI=1S/C18H12BrClF2N4O/c19-11-3-1-2-10(6-11)14-8-15(26-18(25-14)23-9-24-26)13-7-12(20)4-5-16(13)27-17(21)22/h1-9,15,17H,(H,23,24,25). The summed E-state index contributed by atoms with van der Waals surface area (Å²) in [4.78, 5) is 4.21. The maximum atomic E-state index is 12.9. The number of aromatic nitrogens is 3. The molecule has 2 heterocycles. The Kier molecular flexibility index (Phi) is 4.84. The Labute approximate surface area is 166 Å². The van der Waals surface area contributed by atoms with Crippen molar-refractivity contribution in [2.24, 2.45) is 0 Å². The van der Waals surface area contributed by atoms with Crippen molar-refractivity contribution < 1.29 is 13.5 Å². The minimum absolute atomic E-state index is 0.0348. The number of anilines is 1. The van der Waals surface area contributed by atoms with E-state index in [2.05, 4.69) is 31.3 Å². The highest BCUT2D eigenvalue weighted by atomic mass is 79.9. The van der Waals surface area contributed by atoms with Gasteiger partial charge in [0.1, 0.15) is 18.1 Å². The van der Waals surface area contributed by atoms with Crippen LogP contribution in [0.25, 0.3) is 5.70 Å². The van der Waals surface area contributed by atoms with Gasteiger partial charge in [0.15, 0.2) is 0 Å². The van der Waals surface area contributed by atoms with E-state index in [0.717, 1.165) is 15.7 Å². The molecule has 4 rings (SSSR count). The number of nitrogens with zero attached hydrogens (tertiary/aromatic N) is 3. The van der Waals surface area contributed by atoms with Gasteiger partial charge in [-0.1, -0.05) is 39.7 Å². The largest absolute Gasteiger partial charge is 0.434 e. The molecule has 2 aromatic carbocycles. The van der Waals surface area contributed by atoms with E-state index in [1.807, 2.05) is 30.3 Å². The summed E-state index contributed by atoms with van der Waals surface area (Å²) in [5.41, 5.74) is 2.13. The number of fused-ring (bicyclic) bond motifs is 1. The van der Waals surface area contributed by atoms with E-state index in [9.17, 15) is 8.78 Å². The third-order valence-electron chi connectivity index (χ3n) is 4.05. The number of benzene rings is 2. The number of rotatable bonds is 4. The van der Waals surface area contributed by atoms with Gasteiger partial charge in [-0.15, -0.1) is 0 Å². The normalized spacial score (nSPS) is 15.9. The van der Waals surface area contributed by atoms with Crippen LogP contribution >= 0.6 is 27.5 Å². The first kappa shape index (κ1) is 17.9. The van der Waals surface area contributed by atoms with Crippen LogP contribution in [0.1, 0.15) is 17.2 Å². The number of allylic oxidation sites excluding steroid dienone is 1. The smallest absolute Gasteiger partial charge is 0.387 e. The van der Waals surface area contributed by atoms with Gasteiger partial charge in [-0.05, 0) is 42.0 Å². The van der Waals surface area contributed by atoms with E-state index in [1.54, 1.807) is 10.7 Å². The molecule has 0 saturated carbocycles. The number of halogens is 4. The first-order valence-corrected chi connectivity index (χ1v) is 9.07. The number of ether oxygens (including phenoxy) is 1. The first-order valence-electron chi connectivity index (χ1n) is 7.90. The summed E-state index contributed by atoms with van der Waals surface area (Å²) in [6, 6.07) is 11.7. The molecule has 5 nitrogen and oxygen atoms in total. The van der Waals surface area contributed by atoms with Crippen LogP contribution in [0.15, 0.2) is 59.3 Å². The lowest BCUT2D eigenvalue weighted by Gasteiger charge is -2.26. The average molecular weight is 454 g/mol. The van der Waals surface area contributed by atoms with E-state index in [-0.39, 0.29) is 5.75 Å². The second-order valence-corrected chi connectivity index (χ2v) is 7.10. The molecule has 1 unspecified atom stereocenters. The lowest BCUT2D eigenvalue weighted by atomic mass is 10.0. The Balaban J connectivity index is 1.85. The van der Waals surface area contributed by atoms with Gasteiger partial charge in [0.25, 0.3) is 0 Å². The van der Waals surface area contributed by atoms with Gasteiger partial charge in [-0.2, -0.15) is 18.9 Å². The van der Waals surface area contributed by atoms with E-state index >= 15 is 0 Å². The molecule has 138 valence electrons. The van der Waals surface area contributed by atoms with Crippen LogP contribution in [0.3, 0.4) is 0 Å². The molecule has 0 fully saturated rings. The van der Waals surface area contributed by atoms with Gasteiger partial charge in [0, 0.05) is 20.8 Å². The SMILES string of the molecule is FC(F)Oc1ccc(Cl)cc1C1C=C(c2cccc(Br)c2)Nc2ncnn21. The highest BCUT2D eigenvalue weighted by Gasteiger charge is 2.27. The van der Waals surface area contributed by atoms with Gasteiger partial charge in [-0.25, -0.2) is 4.68 Å². The van der Waals surface area contributed by atoms with E-state index in [1.165, 1.54) is 18.5 Å². The number of alkyl halides is 2. The van der Waals surface area contributed by atoms with E-state index < -0.39 is 12.7 Å². The van der Waals surface area contributed by atoms with Gasteiger partial charge in [0.2, 0.25) is 5.95 Å². The summed E-state index contributed by atoms with van der Waals surface area (Å²) in [7, 11) is 0. The van der Waals surface area contributed by atoms with Crippen molar-refractivity contribution in [3.63, 3.8) is 0 Å². The summed E-state index contributed by atoms with van der Waals surface area (Å²) >= 11 is 9.57. The van der Waals surface area contributed by atoms with Crippen molar-refractivity contribution in [2.45, 2.75) is 12.7 Å². The van der Waals surface area contributed by atoms with Crippen LogP contribution in [0.4, 0.5) is 14.7 Å². The third-order valence-corrected chi connectivity index (χ3v) is 4.78. The maximum Gasteiger partial charge on any atom is 0.387 e. The Hall–Kier alpha value is -2.45. The second kappa shape index (κ2) is 7.28. The Morgan fingerprint density at radius 2 is 2.07 bits per heavy atom. The molecular weight excluding hydrogens is 442 g/mol. The van der Waals surface area contributed by atoms with Crippen molar-refractivity contribution in [3.05, 3.63) is 75.5 Å². The van der Waals surface area contributed by atoms with E-state index in [4.69, 9.17) is 16.3 Å². The summed E-state index contributed by atoms with van der Waals surface area (Å²) in [5.74, 6) is 0.521. The maximum absolute atomic E-state index is 12.9. The molecule has 0 radical (unpaired) electrons. The molecule has 0 amide bonds. The van der Waals surface area contributed by atoms with Crippen molar-refractivity contribution in [2.75, 3.05) is 5.32 Å². The lowest BCUT2D eigenvalue weighted by molar-refractivity contribution is -0.0506. The molecule has 9 heteroatoms. The molecule has 1 aliphatic rings. The Morgan fingerprint density at radius 3 is 2.85 bits per heavy atom. The Bertz CT molecular complexity index is 1020. The fourth-order valence-corrected chi connectivity index (χ4v) is 3.51. The quantitative estimate of drug-likeness (QED) is 0.578. The molecule has 0 aliphatic carbocycles. The molecule has 0 bridgehead atoms. The van der Waals surface area contributed by atoms with Crippen LogP contribution in [-0.2, 0) is 0 Å². The Morgan fingerprint density at radius 1 is 1.22 bits per heavy atom. The number of nitrogens with one attached hydrogen (secondary N) is 1. The van der Waals surface area contributed by atoms with Gasteiger partial charge in [0.05, 0.1) is 0 Å². The number of hydrogen-bond donors (Lipinski definition) is 1. The van der Waals surface area contributed by atoms with Crippen molar-refractivity contribution >= 4 is 39.2 Å². The minimum atomic E-state index is -2.95. The average Bonchev–Trinajstić information content (AvgIpc) is 3.11. The van der Waals surface area contributed by atoms with Crippen LogP contribution in [0, 0.1) is 0 Å². The zero-order valence-electron chi connectivity index (χ0n) is 13.6. The van der Waals surface area contributed by atoms with Crippen LogP contribution in [0.5, 0.6) is 5.75 Å². The van der Waals surface area contributed by atoms with Gasteiger partial charge >= 0.3 is 6.61 Å². The summed E-state index contributed by atoms with van der Waals surface area (Å²) in [6.45, 7) is -2.95. The lowest BCUT2D eigenvalue weighted by Crippen LogP contribution is -2.21. The summed E-state index contributed by atoms with van der Waals surface area (Å²) < 4.78 is 32.9. The monoisotopic (exact) mass is 452 g/mol. The predicted molar refractivity (Wildman–Crippen MR) is 102 cm³/mol. The molecular formula is C18H12BrClF2N4O. The third kappa shape index (κ3) is 3.68. The van der Waals surface area contributed by atoms with Crippen molar-refractivity contribution in [1.82, 2.24) is 14.8 Å². The molecule has 3 aromatic rings. The molecule has 27 heavy (non-hydrogen) atoms. The molecule has 1 aliphatic heterocycles. The molecule has 0 saturated heterocycles. The summed E-state index contributed by atoms with van der Waals surface area (Å²) in [5, 5.41) is 7.82. The first-order chi connectivity index (χ1) is 13.0. The highest BCUT2D eigenvalue weighted by Crippen LogP contribution is 2.38. The second-order valence-electron chi connectivity index (χ2n) is 5.75. The fourth-order valence-electron chi connectivity index (χ4n) is 2.93. The number of hydrogen-bond acceptors (Lipinski definition) is 4. The van der Waals surface area contributed by atoms with Gasteiger partial charge < -0.3 is 10.1 Å². The van der Waals surface area contributed by atoms with Gasteiger partial charge in [-0.3, -0.25) is 0 Å². The fraction of sp³-hybridized carbons (Fsp3) is 0.111. The molecule has 1 aromatic heterocycles. The van der Waals surface area contributed by atoms with Crippen LogP contribution in [0.2, 0.25) is 5.02 Å². The van der Waals surface area contributed by atoms with E-state index in [0.29, 0.717) is 16.5 Å². The van der Waals surface area contributed by atoms with Crippen molar-refractivity contribution in [1.29, 1.82) is 0 Å². The zero-order valence-corrected chi connectivity index (χ0v) is 16.0. The van der Waals surface area contributed by atoms with Crippen LogP contribution in [-0.4, -0.2) is 21.4 Å². The zero-order chi connectivity index (χ0) is 19.0. The predicted octanol–water partition coefficient (Wildman–Crippen LogP) is 5.35. The van der Waals surface area contributed by atoms with Crippen molar-refractivity contribution in [3.8, 4) is 5.75 Å². The van der Waals surface area contributed by atoms with Crippen LogP contribution < -0.4 is 10.1 Å². The topological polar surface area (TPSA) is 52.0 Å². The minimum Gasteiger partial charge on any atom is -0.434 e. The molecule has 0 spiro atoms.